The molecule has 2 rings (SSSR count). The van der Waals surface area contributed by atoms with Crippen LogP contribution in [-0.2, 0) is 7.05 Å². The second-order valence-corrected chi connectivity index (χ2v) is 4.23. The molecule has 2 N–H and O–H groups in total. The van der Waals surface area contributed by atoms with Gasteiger partial charge in [-0.05, 0) is 31.5 Å². The Hall–Kier alpha value is -1.95. The summed E-state index contributed by atoms with van der Waals surface area (Å²) in [7, 11) is 1.74. The van der Waals surface area contributed by atoms with E-state index >= 15 is 0 Å². The van der Waals surface area contributed by atoms with Crippen LogP contribution in [0.15, 0.2) is 18.5 Å². The Kier molecular flexibility index (Phi) is 3.29. The molecule has 0 aliphatic carbocycles. The van der Waals surface area contributed by atoms with Gasteiger partial charge in [0.05, 0.1) is 0 Å². The van der Waals surface area contributed by atoms with Crippen molar-refractivity contribution in [3.05, 3.63) is 35.4 Å². The summed E-state index contributed by atoms with van der Waals surface area (Å²) in [6, 6.07) is 2.87. The molecule has 0 radical (unpaired) electrons. The summed E-state index contributed by atoms with van der Waals surface area (Å²) in [6.45, 7) is 3.43. The summed E-state index contributed by atoms with van der Waals surface area (Å²) in [4.78, 5) is 3.96. The Morgan fingerprint density at radius 1 is 1.44 bits per heavy atom. The maximum absolute atomic E-state index is 13.5. The van der Waals surface area contributed by atoms with Crippen molar-refractivity contribution in [1.82, 2.24) is 14.8 Å². The quantitative estimate of drug-likeness (QED) is 0.905. The van der Waals surface area contributed by atoms with E-state index in [1.807, 2.05) is 0 Å². The fourth-order valence-electron chi connectivity index (χ4n) is 1.58. The predicted molar refractivity (Wildman–Crippen MR) is 64.8 cm³/mol. The Bertz CT molecular complexity index is 565. The van der Waals surface area contributed by atoms with Gasteiger partial charge in [-0.25, -0.2) is 4.39 Å². The third kappa shape index (κ3) is 2.48. The van der Waals surface area contributed by atoms with Gasteiger partial charge in [-0.2, -0.15) is 4.98 Å². The Morgan fingerprint density at radius 3 is 2.72 bits per heavy atom. The molecule has 0 unspecified atom stereocenters. The third-order valence-corrected chi connectivity index (χ3v) is 2.56. The van der Waals surface area contributed by atoms with Gasteiger partial charge in [0, 0.05) is 18.7 Å². The smallest absolute Gasteiger partial charge is 0.340 e. The lowest BCUT2D eigenvalue weighted by Crippen LogP contribution is -2.08. The third-order valence-electron chi connectivity index (χ3n) is 2.56. The zero-order valence-corrected chi connectivity index (χ0v) is 10.5. The number of hydrogen-bond acceptors (Lipinski definition) is 4. The number of halogens is 1. The molecule has 0 aliphatic heterocycles. The summed E-state index contributed by atoms with van der Waals surface area (Å²) in [5.41, 5.74) is 6.88. The zero-order chi connectivity index (χ0) is 13.3. The Balaban J connectivity index is 2.39. The average molecular weight is 250 g/mol. The molecule has 0 saturated carbocycles. The normalized spacial score (nSPS) is 12.5. The summed E-state index contributed by atoms with van der Waals surface area (Å²) in [5.74, 6) is 0.179. The van der Waals surface area contributed by atoms with Gasteiger partial charge < -0.3 is 10.5 Å². The molecule has 0 spiro atoms. The number of benzene rings is 1. The van der Waals surface area contributed by atoms with Gasteiger partial charge in [0.2, 0.25) is 0 Å². The molecule has 96 valence electrons. The van der Waals surface area contributed by atoms with Crippen LogP contribution < -0.4 is 10.5 Å². The molecular formula is C12H15FN4O. The molecule has 1 atom stereocenters. The highest BCUT2D eigenvalue weighted by molar-refractivity contribution is 5.41. The van der Waals surface area contributed by atoms with E-state index in [9.17, 15) is 4.39 Å². The molecule has 1 aromatic heterocycles. The maximum Gasteiger partial charge on any atom is 0.340 e. The number of hydrogen-bond donors (Lipinski definition) is 1. The first-order chi connectivity index (χ1) is 8.47. The van der Waals surface area contributed by atoms with E-state index in [2.05, 4.69) is 10.1 Å². The average Bonchev–Trinajstić information content (AvgIpc) is 2.68. The first-order valence-electron chi connectivity index (χ1n) is 5.56. The minimum Gasteiger partial charge on any atom is -0.423 e. The molecule has 1 aromatic carbocycles. The Labute approximate surface area is 104 Å². The van der Waals surface area contributed by atoms with Crippen molar-refractivity contribution in [2.24, 2.45) is 12.8 Å². The summed E-state index contributed by atoms with van der Waals surface area (Å²) >= 11 is 0. The highest BCUT2D eigenvalue weighted by Crippen LogP contribution is 2.29. The number of nitrogens with zero attached hydrogens (tertiary/aromatic N) is 3. The molecule has 1 heterocycles. The first kappa shape index (κ1) is 12.5. The van der Waals surface area contributed by atoms with Gasteiger partial charge in [0.25, 0.3) is 0 Å². The van der Waals surface area contributed by atoms with Gasteiger partial charge in [0.1, 0.15) is 17.9 Å². The van der Waals surface area contributed by atoms with Gasteiger partial charge in [-0.1, -0.05) is 0 Å². The first-order valence-corrected chi connectivity index (χ1v) is 5.56. The van der Waals surface area contributed by atoms with Crippen LogP contribution in [0, 0.1) is 12.7 Å². The number of rotatable bonds is 3. The topological polar surface area (TPSA) is 66.0 Å². The molecule has 6 heteroatoms. The zero-order valence-electron chi connectivity index (χ0n) is 10.5. The fourth-order valence-corrected chi connectivity index (χ4v) is 1.58. The summed E-state index contributed by atoms with van der Waals surface area (Å²) in [5, 5.41) is 4.01. The predicted octanol–water partition coefficient (Wildman–Crippen LogP) is 2.07. The van der Waals surface area contributed by atoms with E-state index in [1.54, 1.807) is 27.0 Å². The van der Waals surface area contributed by atoms with Crippen molar-refractivity contribution in [3.63, 3.8) is 0 Å². The highest BCUT2D eigenvalue weighted by Gasteiger charge is 2.14. The fraction of sp³-hybridized carbons (Fsp3) is 0.333. The minimum atomic E-state index is -0.334. The molecule has 2 aromatic rings. The van der Waals surface area contributed by atoms with Crippen LogP contribution in [0.2, 0.25) is 0 Å². The van der Waals surface area contributed by atoms with Crippen LogP contribution >= 0.6 is 0 Å². The lowest BCUT2D eigenvalue weighted by Gasteiger charge is -2.13. The van der Waals surface area contributed by atoms with Crippen molar-refractivity contribution >= 4 is 0 Å². The van der Waals surface area contributed by atoms with Crippen LogP contribution in [0.25, 0.3) is 0 Å². The van der Waals surface area contributed by atoms with E-state index in [0.717, 1.165) is 0 Å². The van der Waals surface area contributed by atoms with Crippen LogP contribution in [0.5, 0.6) is 11.8 Å². The van der Waals surface area contributed by atoms with Crippen molar-refractivity contribution in [2.45, 2.75) is 19.9 Å². The van der Waals surface area contributed by atoms with Gasteiger partial charge >= 0.3 is 6.01 Å². The second kappa shape index (κ2) is 4.73. The molecular weight excluding hydrogens is 235 g/mol. The van der Waals surface area contributed by atoms with Crippen molar-refractivity contribution < 1.29 is 9.13 Å². The lowest BCUT2D eigenvalue weighted by molar-refractivity contribution is 0.428. The molecule has 0 amide bonds. The minimum absolute atomic E-state index is 0.213. The summed E-state index contributed by atoms with van der Waals surface area (Å²) in [6.07, 6.45) is 1.53. The molecule has 18 heavy (non-hydrogen) atoms. The van der Waals surface area contributed by atoms with Crippen molar-refractivity contribution in [2.75, 3.05) is 0 Å². The van der Waals surface area contributed by atoms with E-state index in [4.69, 9.17) is 10.5 Å². The van der Waals surface area contributed by atoms with Gasteiger partial charge in [0.15, 0.2) is 0 Å². The van der Waals surface area contributed by atoms with Crippen molar-refractivity contribution in [3.8, 4) is 11.8 Å². The standard InChI is InChI=1S/C12H15FN4O/c1-7-4-11(9(8(2)14)5-10(7)13)18-12-15-6-17(3)16-12/h4-6,8H,14H2,1-3H3/t8-/m0/s1. The van der Waals surface area contributed by atoms with E-state index in [0.29, 0.717) is 16.9 Å². The van der Waals surface area contributed by atoms with Gasteiger partial charge in [-0.3, -0.25) is 4.68 Å². The van der Waals surface area contributed by atoms with Crippen molar-refractivity contribution in [1.29, 1.82) is 0 Å². The number of aromatic nitrogens is 3. The molecule has 0 saturated heterocycles. The maximum atomic E-state index is 13.5. The van der Waals surface area contributed by atoms with Crippen LogP contribution in [0.4, 0.5) is 4.39 Å². The van der Waals surface area contributed by atoms with Gasteiger partial charge in [-0.15, -0.1) is 5.10 Å². The monoisotopic (exact) mass is 250 g/mol. The second-order valence-electron chi connectivity index (χ2n) is 4.23. The van der Waals surface area contributed by atoms with Crippen LogP contribution in [0.3, 0.4) is 0 Å². The number of ether oxygens (including phenoxy) is 1. The molecule has 0 bridgehead atoms. The highest BCUT2D eigenvalue weighted by atomic mass is 19.1. The van der Waals surface area contributed by atoms with Crippen LogP contribution in [-0.4, -0.2) is 14.8 Å². The number of nitrogens with two attached hydrogens (primary N) is 1. The molecule has 0 aliphatic rings. The summed E-state index contributed by atoms with van der Waals surface area (Å²) < 4.78 is 20.6. The molecule has 5 nitrogen and oxygen atoms in total. The van der Waals surface area contributed by atoms with E-state index in [1.165, 1.54) is 17.1 Å². The Morgan fingerprint density at radius 2 is 2.17 bits per heavy atom. The van der Waals surface area contributed by atoms with E-state index < -0.39 is 0 Å². The number of aryl methyl sites for hydroxylation is 2. The molecule has 0 fully saturated rings. The lowest BCUT2D eigenvalue weighted by atomic mass is 10.1. The van der Waals surface area contributed by atoms with Crippen LogP contribution in [0.1, 0.15) is 24.1 Å². The largest absolute Gasteiger partial charge is 0.423 e. The SMILES string of the molecule is Cc1cc(Oc2ncn(C)n2)c([C@H](C)N)cc1F. The van der Waals surface area contributed by atoms with E-state index in [-0.39, 0.29) is 17.9 Å².